The SMILES string of the molecule is O=C(NC1CCCCC1)c1csc(CSc2nnc(Cc3ccccc3)n2-c2cccc(Cl)c2)n1. The number of amides is 1. The minimum atomic E-state index is -0.0726. The third-order valence-electron chi connectivity index (χ3n) is 6.02. The van der Waals surface area contributed by atoms with Crippen molar-refractivity contribution in [3.8, 4) is 5.69 Å². The number of rotatable bonds is 8. The van der Waals surface area contributed by atoms with Crippen LogP contribution in [-0.2, 0) is 12.2 Å². The number of hydrogen-bond donors (Lipinski definition) is 1. The van der Waals surface area contributed by atoms with Crippen LogP contribution in [-0.4, -0.2) is 31.7 Å². The second-order valence-corrected chi connectivity index (χ2v) is 10.9. The Labute approximate surface area is 218 Å². The number of nitrogens with one attached hydrogen (secondary N) is 1. The van der Waals surface area contributed by atoms with E-state index in [4.69, 9.17) is 11.6 Å². The molecular weight excluding hydrogens is 498 g/mol. The standard InChI is InChI=1S/C26H26ClN5OS2/c27-19-10-7-13-21(15-19)32-23(14-18-8-3-1-4-9-18)30-31-26(32)35-17-24-29-22(16-34-24)25(33)28-20-11-5-2-6-12-20/h1,3-4,7-10,13,15-16,20H,2,5-6,11-12,14,17H2,(H,28,33). The van der Waals surface area contributed by atoms with Gasteiger partial charge in [0.15, 0.2) is 5.16 Å². The van der Waals surface area contributed by atoms with Gasteiger partial charge in [0, 0.05) is 22.9 Å². The Morgan fingerprint density at radius 2 is 1.91 bits per heavy atom. The number of halogens is 1. The number of thiazole rings is 1. The lowest BCUT2D eigenvalue weighted by Crippen LogP contribution is -2.36. The van der Waals surface area contributed by atoms with Gasteiger partial charge in [-0.05, 0) is 36.6 Å². The molecule has 0 saturated heterocycles. The molecule has 35 heavy (non-hydrogen) atoms. The molecule has 9 heteroatoms. The molecule has 1 N–H and O–H groups in total. The molecule has 1 saturated carbocycles. The molecular formula is C26H26ClN5OS2. The van der Waals surface area contributed by atoms with E-state index in [1.165, 1.54) is 30.6 Å². The van der Waals surface area contributed by atoms with Gasteiger partial charge in [0.25, 0.3) is 5.91 Å². The van der Waals surface area contributed by atoms with E-state index in [-0.39, 0.29) is 11.9 Å². The van der Waals surface area contributed by atoms with E-state index in [1.807, 2.05) is 52.4 Å². The minimum absolute atomic E-state index is 0.0726. The van der Waals surface area contributed by atoms with Crippen molar-refractivity contribution in [1.29, 1.82) is 0 Å². The van der Waals surface area contributed by atoms with Gasteiger partial charge < -0.3 is 5.32 Å². The Hall–Kier alpha value is -2.68. The first kappa shape index (κ1) is 24.0. The quantitative estimate of drug-likeness (QED) is 0.273. The lowest BCUT2D eigenvalue weighted by Gasteiger charge is -2.22. The Kier molecular flexibility index (Phi) is 7.81. The summed E-state index contributed by atoms with van der Waals surface area (Å²) in [4.78, 5) is 17.2. The van der Waals surface area contributed by atoms with Gasteiger partial charge in [-0.15, -0.1) is 21.5 Å². The van der Waals surface area contributed by atoms with Crippen molar-refractivity contribution < 1.29 is 4.79 Å². The number of carbonyl (C=O) groups excluding carboxylic acids is 1. The third kappa shape index (κ3) is 6.12. The number of nitrogens with zero attached hydrogens (tertiary/aromatic N) is 4. The van der Waals surface area contributed by atoms with E-state index in [9.17, 15) is 4.79 Å². The van der Waals surface area contributed by atoms with Crippen molar-refractivity contribution >= 4 is 40.6 Å². The molecule has 0 bridgehead atoms. The summed E-state index contributed by atoms with van der Waals surface area (Å²) in [6, 6.07) is 18.2. The summed E-state index contributed by atoms with van der Waals surface area (Å²) in [7, 11) is 0. The zero-order valence-corrected chi connectivity index (χ0v) is 21.6. The predicted molar refractivity (Wildman–Crippen MR) is 142 cm³/mol. The highest BCUT2D eigenvalue weighted by molar-refractivity contribution is 7.98. The van der Waals surface area contributed by atoms with Crippen LogP contribution in [0.15, 0.2) is 65.1 Å². The topological polar surface area (TPSA) is 72.7 Å². The fourth-order valence-electron chi connectivity index (χ4n) is 4.28. The van der Waals surface area contributed by atoms with Crippen LogP contribution >= 0.6 is 34.7 Å². The Morgan fingerprint density at radius 1 is 1.09 bits per heavy atom. The Balaban J connectivity index is 1.31. The van der Waals surface area contributed by atoms with Crippen LogP contribution < -0.4 is 5.32 Å². The summed E-state index contributed by atoms with van der Waals surface area (Å²) in [5, 5.41) is 16.3. The van der Waals surface area contributed by atoms with E-state index in [1.54, 1.807) is 11.8 Å². The Morgan fingerprint density at radius 3 is 2.71 bits per heavy atom. The van der Waals surface area contributed by atoms with Crippen LogP contribution in [0.3, 0.4) is 0 Å². The molecule has 2 heterocycles. The molecule has 5 rings (SSSR count). The predicted octanol–water partition coefficient (Wildman–Crippen LogP) is 6.32. The zero-order valence-electron chi connectivity index (χ0n) is 19.2. The van der Waals surface area contributed by atoms with Gasteiger partial charge in [0.1, 0.15) is 16.5 Å². The lowest BCUT2D eigenvalue weighted by atomic mass is 9.95. The first-order valence-corrected chi connectivity index (χ1v) is 14.0. The summed E-state index contributed by atoms with van der Waals surface area (Å²) in [6.45, 7) is 0. The molecule has 0 radical (unpaired) electrons. The van der Waals surface area contributed by atoms with E-state index in [0.717, 1.165) is 40.1 Å². The average molecular weight is 524 g/mol. The first-order chi connectivity index (χ1) is 17.2. The van der Waals surface area contributed by atoms with Gasteiger partial charge >= 0.3 is 0 Å². The zero-order chi connectivity index (χ0) is 24.0. The average Bonchev–Trinajstić information content (AvgIpc) is 3.51. The van der Waals surface area contributed by atoms with E-state index in [0.29, 0.717) is 22.9 Å². The number of thioether (sulfide) groups is 1. The molecule has 4 aromatic rings. The van der Waals surface area contributed by atoms with Gasteiger partial charge in [0.2, 0.25) is 0 Å². The van der Waals surface area contributed by atoms with E-state index >= 15 is 0 Å². The van der Waals surface area contributed by atoms with Crippen LogP contribution in [0, 0.1) is 0 Å². The second kappa shape index (κ2) is 11.4. The summed E-state index contributed by atoms with van der Waals surface area (Å²) in [5.41, 5.74) is 2.58. The number of carbonyl (C=O) groups is 1. The van der Waals surface area contributed by atoms with Gasteiger partial charge in [-0.2, -0.15) is 0 Å². The van der Waals surface area contributed by atoms with E-state index in [2.05, 4.69) is 32.6 Å². The highest BCUT2D eigenvalue weighted by atomic mass is 35.5. The van der Waals surface area contributed by atoms with E-state index < -0.39 is 0 Å². The van der Waals surface area contributed by atoms with Crippen LogP contribution in [0.25, 0.3) is 5.69 Å². The Bertz CT molecular complexity index is 1280. The summed E-state index contributed by atoms with van der Waals surface area (Å²) < 4.78 is 2.05. The largest absolute Gasteiger partial charge is 0.348 e. The first-order valence-electron chi connectivity index (χ1n) is 11.8. The number of benzene rings is 2. The summed E-state index contributed by atoms with van der Waals surface area (Å²) >= 11 is 9.35. The van der Waals surface area contributed by atoms with Crippen LogP contribution in [0.1, 0.15) is 59.0 Å². The van der Waals surface area contributed by atoms with Gasteiger partial charge in [-0.1, -0.05) is 79.0 Å². The summed E-state index contributed by atoms with van der Waals surface area (Å²) in [5.74, 6) is 1.37. The van der Waals surface area contributed by atoms with Crippen LogP contribution in [0.2, 0.25) is 5.02 Å². The maximum absolute atomic E-state index is 12.6. The van der Waals surface area contributed by atoms with Crippen LogP contribution in [0.4, 0.5) is 0 Å². The molecule has 1 aliphatic carbocycles. The number of hydrogen-bond acceptors (Lipinski definition) is 6. The molecule has 0 atom stereocenters. The lowest BCUT2D eigenvalue weighted by molar-refractivity contribution is 0.0923. The molecule has 2 aromatic carbocycles. The van der Waals surface area contributed by atoms with Gasteiger partial charge in [-0.3, -0.25) is 9.36 Å². The second-order valence-electron chi connectivity index (χ2n) is 8.60. The maximum atomic E-state index is 12.6. The fourth-order valence-corrected chi connectivity index (χ4v) is 6.22. The third-order valence-corrected chi connectivity index (χ3v) is 8.23. The molecule has 0 spiro atoms. The maximum Gasteiger partial charge on any atom is 0.270 e. The molecule has 1 fully saturated rings. The molecule has 1 amide bonds. The molecule has 0 unspecified atom stereocenters. The van der Waals surface area contributed by atoms with Crippen molar-refractivity contribution in [2.24, 2.45) is 0 Å². The highest BCUT2D eigenvalue weighted by Gasteiger charge is 2.20. The van der Waals surface area contributed by atoms with Gasteiger partial charge in [-0.25, -0.2) is 4.98 Å². The fraction of sp³-hybridized carbons (Fsp3) is 0.308. The highest BCUT2D eigenvalue weighted by Crippen LogP contribution is 2.28. The van der Waals surface area contributed by atoms with Crippen molar-refractivity contribution in [2.75, 3.05) is 0 Å². The molecule has 6 nitrogen and oxygen atoms in total. The minimum Gasteiger partial charge on any atom is -0.348 e. The molecule has 0 aliphatic heterocycles. The molecule has 2 aromatic heterocycles. The normalized spacial score (nSPS) is 14.2. The molecule has 1 aliphatic rings. The van der Waals surface area contributed by atoms with Crippen LogP contribution in [0.5, 0.6) is 0 Å². The smallest absolute Gasteiger partial charge is 0.270 e. The summed E-state index contributed by atoms with van der Waals surface area (Å²) in [6.07, 6.45) is 6.40. The molecule has 180 valence electrons. The van der Waals surface area contributed by atoms with Crippen molar-refractivity contribution in [3.63, 3.8) is 0 Å². The van der Waals surface area contributed by atoms with Crippen molar-refractivity contribution in [2.45, 2.75) is 55.5 Å². The van der Waals surface area contributed by atoms with Crippen molar-refractivity contribution in [3.05, 3.63) is 87.1 Å². The van der Waals surface area contributed by atoms with Crippen molar-refractivity contribution in [1.82, 2.24) is 25.1 Å². The number of aromatic nitrogens is 4. The monoisotopic (exact) mass is 523 g/mol. The van der Waals surface area contributed by atoms with Gasteiger partial charge in [0.05, 0.1) is 11.4 Å².